The summed E-state index contributed by atoms with van der Waals surface area (Å²) in [7, 11) is 0. The Bertz CT molecular complexity index is 448. The maximum absolute atomic E-state index is 11.0. The highest BCUT2D eigenvalue weighted by Crippen LogP contribution is 2.36. The molecule has 0 fully saturated rings. The number of benzene rings is 1. The third-order valence-electron chi connectivity index (χ3n) is 3.01. The molecule has 1 unspecified atom stereocenters. The molecule has 4 heteroatoms. The summed E-state index contributed by atoms with van der Waals surface area (Å²) in [6, 6.07) is 5.31. The van der Waals surface area contributed by atoms with E-state index in [0.29, 0.717) is 12.4 Å². The Morgan fingerprint density at radius 1 is 1.47 bits per heavy atom. The van der Waals surface area contributed by atoms with Crippen molar-refractivity contribution in [1.29, 1.82) is 0 Å². The minimum atomic E-state index is -0.960. The topological polar surface area (TPSA) is 58.6 Å². The Morgan fingerprint density at radius 2 is 2.18 bits per heavy atom. The molecule has 1 aliphatic rings. The number of aromatic carboxylic acids is 1. The van der Waals surface area contributed by atoms with Crippen molar-refractivity contribution >= 4 is 11.7 Å². The molecule has 0 bridgehead atoms. The zero-order valence-electron chi connectivity index (χ0n) is 10.3. The molecule has 2 N–H and O–H groups in total. The van der Waals surface area contributed by atoms with Crippen LogP contribution in [-0.2, 0) is 0 Å². The summed E-state index contributed by atoms with van der Waals surface area (Å²) in [5.74, 6) is -0.515. The average molecular weight is 235 g/mol. The first-order valence-corrected chi connectivity index (χ1v) is 5.65. The molecule has 17 heavy (non-hydrogen) atoms. The number of carboxylic acids is 1. The predicted molar refractivity (Wildman–Crippen MR) is 65.8 cm³/mol. The molecule has 0 amide bonds. The van der Waals surface area contributed by atoms with Crippen molar-refractivity contribution < 1.29 is 14.6 Å². The van der Waals surface area contributed by atoms with Crippen molar-refractivity contribution in [3.63, 3.8) is 0 Å². The predicted octanol–water partition coefficient (Wildman–Crippen LogP) is 2.60. The molecule has 0 saturated carbocycles. The molecule has 4 nitrogen and oxygen atoms in total. The van der Waals surface area contributed by atoms with E-state index in [2.05, 4.69) is 26.1 Å². The number of hydrogen-bond donors (Lipinski definition) is 2. The van der Waals surface area contributed by atoms with Crippen LogP contribution in [0, 0.1) is 5.41 Å². The Labute approximate surface area is 101 Å². The molecule has 2 rings (SSSR count). The summed E-state index contributed by atoms with van der Waals surface area (Å²) >= 11 is 0. The molecule has 92 valence electrons. The second kappa shape index (κ2) is 3.95. The number of hydrogen-bond acceptors (Lipinski definition) is 3. The molecule has 1 aromatic carbocycles. The fourth-order valence-electron chi connectivity index (χ4n) is 1.84. The largest absolute Gasteiger partial charge is 0.488 e. The first kappa shape index (κ1) is 11.8. The van der Waals surface area contributed by atoms with Gasteiger partial charge in [0.25, 0.3) is 0 Å². The lowest BCUT2D eigenvalue weighted by Gasteiger charge is -2.36. The summed E-state index contributed by atoms with van der Waals surface area (Å²) in [6.45, 7) is 6.86. The maximum atomic E-state index is 11.0. The zero-order valence-corrected chi connectivity index (χ0v) is 10.3. The number of ether oxygens (including phenoxy) is 1. The second-order valence-corrected chi connectivity index (χ2v) is 5.36. The van der Waals surface area contributed by atoms with Gasteiger partial charge in [-0.1, -0.05) is 26.8 Å². The minimum absolute atomic E-state index is 0.0664. The molecule has 0 radical (unpaired) electrons. The molecule has 1 aromatic rings. The van der Waals surface area contributed by atoms with Gasteiger partial charge in [0.2, 0.25) is 0 Å². The van der Waals surface area contributed by atoms with Crippen molar-refractivity contribution in [1.82, 2.24) is 0 Å². The Hall–Kier alpha value is -1.71. The van der Waals surface area contributed by atoms with E-state index in [1.54, 1.807) is 12.1 Å². The van der Waals surface area contributed by atoms with Gasteiger partial charge in [0.15, 0.2) is 5.75 Å². The highest BCUT2D eigenvalue weighted by atomic mass is 16.5. The average Bonchev–Trinajstić information content (AvgIpc) is 2.26. The van der Waals surface area contributed by atoms with Gasteiger partial charge >= 0.3 is 5.97 Å². The minimum Gasteiger partial charge on any atom is -0.488 e. The molecule has 1 heterocycles. The van der Waals surface area contributed by atoms with Gasteiger partial charge in [0.05, 0.1) is 11.7 Å². The molecule has 0 saturated heterocycles. The molecule has 0 aliphatic carbocycles. The van der Waals surface area contributed by atoms with Gasteiger partial charge in [-0.25, -0.2) is 4.79 Å². The fraction of sp³-hybridized carbons (Fsp3) is 0.462. The van der Waals surface area contributed by atoms with Gasteiger partial charge in [0, 0.05) is 0 Å². The highest BCUT2D eigenvalue weighted by Gasteiger charge is 2.31. The lowest BCUT2D eigenvalue weighted by molar-refractivity contribution is 0.0690. The first-order valence-electron chi connectivity index (χ1n) is 5.65. The Kier molecular flexibility index (Phi) is 2.73. The van der Waals surface area contributed by atoms with Crippen molar-refractivity contribution in [2.75, 3.05) is 11.9 Å². The molecule has 0 spiro atoms. The van der Waals surface area contributed by atoms with Gasteiger partial charge in [-0.05, 0) is 17.5 Å². The highest BCUT2D eigenvalue weighted by molar-refractivity contribution is 5.93. The summed E-state index contributed by atoms with van der Waals surface area (Å²) in [4.78, 5) is 11.0. The van der Waals surface area contributed by atoms with Crippen molar-refractivity contribution in [3.8, 4) is 5.75 Å². The van der Waals surface area contributed by atoms with E-state index in [4.69, 9.17) is 9.84 Å². The van der Waals surface area contributed by atoms with Crippen LogP contribution in [0.25, 0.3) is 0 Å². The monoisotopic (exact) mass is 235 g/mol. The van der Waals surface area contributed by atoms with Crippen LogP contribution in [-0.4, -0.2) is 23.7 Å². The number of carbonyl (C=O) groups is 1. The van der Waals surface area contributed by atoms with Crippen LogP contribution in [0.3, 0.4) is 0 Å². The lowest BCUT2D eigenvalue weighted by Crippen LogP contribution is -2.42. The number of anilines is 1. The van der Waals surface area contributed by atoms with E-state index in [9.17, 15) is 4.79 Å². The Morgan fingerprint density at radius 3 is 2.76 bits per heavy atom. The quantitative estimate of drug-likeness (QED) is 0.785. The van der Waals surface area contributed by atoms with Crippen molar-refractivity contribution in [3.05, 3.63) is 23.8 Å². The van der Waals surface area contributed by atoms with Crippen LogP contribution in [0.15, 0.2) is 18.2 Å². The van der Waals surface area contributed by atoms with Crippen molar-refractivity contribution in [2.45, 2.75) is 26.8 Å². The fourth-order valence-corrected chi connectivity index (χ4v) is 1.84. The number of fused-ring (bicyclic) bond motifs is 1. The standard InChI is InChI=1S/C13H17NO3/c1-13(2,3)10-7-17-11-8(12(15)16)5-4-6-9(11)14-10/h4-6,10,14H,7H2,1-3H3,(H,15,16). The van der Waals surface area contributed by atoms with Crippen LogP contribution in [0.4, 0.5) is 5.69 Å². The molecule has 1 aliphatic heterocycles. The van der Waals surface area contributed by atoms with Crippen LogP contribution < -0.4 is 10.1 Å². The van der Waals surface area contributed by atoms with Gasteiger partial charge in [-0.15, -0.1) is 0 Å². The van der Waals surface area contributed by atoms with Gasteiger partial charge < -0.3 is 15.2 Å². The molecular weight excluding hydrogens is 218 g/mol. The van der Waals surface area contributed by atoms with Gasteiger partial charge in [0.1, 0.15) is 12.2 Å². The third-order valence-corrected chi connectivity index (χ3v) is 3.01. The number of carboxylic acid groups (broad SMARTS) is 1. The molecule has 1 atom stereocenters. The summed E-state index contributed by atoms with van der Waals surface area (Å²) in [5, 5.41) is 12.4. The van der Waals surface area contributed by atoms with Crippen LogP contribution in [0.5, 0.6) is 5.75 Å². The zero-order chi connectivity index (χ0) is 12.6. The van der Waals surface area contributed by atoms with E-state index < -0.39 is 5.97 Å². The van der Waals surface area contributed by atoms with Crippen LogP contribution in [0.1, 0.15) is 31.1 Å². The van der Waals surface area contributed by atoms with E-state index in [-0.39, 0.29) is 17.0 Å². The van der Waals surface area contributed by atoms with E-state index >= 15 is 0 Å². The number of para-hydroxylation sites is 1. The second-order valence-electron chi connectivity index (χ2n) is 5.36. The van der Waals surface area contributed by atoms with Gasteiger partial charge in [-0.3, -0.25) is 0 Å². The van der Waals surface area contributed by atoms with E-state index in [1.807, 2.05) is 6.07 Å². The third kappa shape index (κ3) is 2.20. The lowest BCUT2D eigenvalue weighted by atomic mass is 9.86. The number of rotatable bonds is 1. The van der Waals surface area contributed by atoms with E-state index in [1.165, 1.54) is 0 Å². The normalized spacial score (nSPS) is 18.9. The molecular formula is C13H17NO3. The van der Waals surface area contributed by atoms with Gasteiger partial charge in [-0.2, -0.15) is 0 Å². The summed E-state index contributed by atoms with van der Waals surface area (Å²) in [5.41, 5.74) is 1.04. The maximum Gasteiger partial charge on any atom is 0.339 e. The smallest absolute Gasteiger partial charge is 0.339 e. The number of nitrogens with one attached hydrogen (secondary N) is 1. The summed E-state index contributed by atoms with van der Waals surface area (Å²) in [6.07, 6.45) is 0. The van der Waals surface area contributed by atoms with E-state index in [0.717, 1.165) is 5.69 Å². The Balaban J connectivity index is 2.35. The summed E-state index contributed by atoms with van der Waals surface area (Å²) < 4.78 is 5.61. The SMILES string of the molecule is CC(C)(C)C1COc2c(cccc2C(=O)O)N1. The van der Waals surface area contributed by atoms with Crippen LogP contribution in [0.2, 0.25) is 0 Å². The first-order chi connectivity index (χ1) is 7.89. The van der Waals surface area contributed by atoms with Crippen molar-refractivity contribution in [2.24, 2.45) is 5.41 Å². The molecule has 0 aromatic heterocycles. The van der Waals surface area contributed by atoms with Crippen LogP contribution >= 0.6 is 0 Å².